The van der Waals surface area contributed by atoms with Crippen LogP contribution in [0.3, 0.4) is 0 Å². The van der Waals surface area contributed by atoms with Crippen molar-refractivity contribution in [1.82, 2.24) is 4.90 Å². The van der Waals surface area contributed by atoms with Crippen LogP contribution in [0, 0.1) is 0 Å². The normalized spacial score (nSPS) is 13.4. The van der Waals surface area contributed by atoms with Gasteiger partial charge in [0.1, 0.15) is 0 Å². The highest BCUT2D eigenvalue weighted by molar-refractivity contribution is 5.98. The van der Waals surface area contributed by atoms with Crippen LogP contribution in [0.4, 0.5) is 26.3 Å². The van der Waals surface area contributed by atoms with E-state index in [1.165, 1.54) is 13.3 Å². The summed E-state index contributed by atoms with van der Waals surface area (Å²) in [6, 6.07) is 9.68. The van der Waals surface area contributed by atoms with E-state index in [9.17, 15) is 31.1 Å². The summed E-state index contributed by atoms with van der Waals surface area (Å²) in [5.74, 6) is -0.710. The quantitative estimate of drug-likeness (QED) is 0.150. The molecule has 1 aromatic carbocycles. The third-order valence-corrected chi connectivity index (χ3v) is 5.28. The van der Waals surface area contributed by atoms with Crippen molar-refractivity contribution in [3.05, 3.63) is 59.2 Å². The standard InChI is InChI=1S/C24H31F6NO.C3H8.C2H6/c1-4-20(24(28,29)30)16-19(14-15-23(25,26)27)22(32)13-12-21(5-2)31(6-3)17-18-10-8-7-9-11-18;1-3-2;1-2/h7-11,14,16,21H,4-6,12-13,15,17H2,1-3H3;3H2,1-2H3;1-2H3/b19-14+,20-16+;;/t21-;;/m1../s1. The van der Waals surface area contributed by atoms with E-state index in [1.54, 1.807) is 0 Å². The lowest BCUT2D eigenvalue weighted by atomic mass is 9.97. The number of rotatable bonds is 12. The van der Waals surface area contributed by atoms with Gasteiger partial charge in [-0.3, -0.25) is 9.69 Å². The van der Waals surface area contributed by atoms with Crippen LogP contribution in [-0.2, 0) is 11.3 Å². The van der Waals surface area contributed by atoms with E-state index in [0.717, 1.165) is 5.56 Å². The van der Waals surface area contributed by atoms with Crippen LogP contribution in [0.25, 0.3) is 0 Å². The molecule has 1 atom stereocenters. The summed E-state index contributed by atoms with van der Waals surface area (Å²) in [4.78, 5) is 14.8. The fraction of sp³-hybridized carbons (Fsp3) is 0.621. The molecule has 0 heterocycles. The Morgan fingerprint density at radius 3 is 1.89 bits per heavy atom. The largest absolute Gasteiger partial charge is 0.412 e. The maximum atomic E-state index is 13.1. The maximum absolute atomic E-state index is 13.1. The summed E-state index contributed by atoms with van der Waals surface area (Å²) in [5, 5.41) is 0. The van der Waals surface area contributed by atoms with Crippen molar-refractivity contribution in [2.75, 3.05) is 6.54 Å². The molecule has 0 aromatic heterocycles. The first-order valence-corrected chi connectivity index (χ1v) is 13.2. The highest BCUT2D eigenvalue weighted by Crippen LogP contribution is 2.30. The van der Waals surface area contributed by atoms with Crippen LogP contribution in [0.15, 0.2) is 53.6 Å². The van der Waals surface area contributed by atoms with Crippen LogP contribution in [0.1, 0.15) is 92.6 Å². The highest BCUT2D eigenvalue weighted by Gasteiger charge is 2.33. The van der Waals surface area contributed by atoms with Gasteiger partial charge in [0, 0.05) is 30.2 Å². The summed E-state index contributed by atoms with van der Waals surface area (Å²) in [6.07, 6.45) is -7.89. The second kappa shape index (κ2) is 19.9. The summed E-state index contributed by atoms with van der Waals surface area (Å²) in [7, 11) is 0. The number of ketones is 1. The molecule has 0 unspecified atom stereocenters. The molecule has 0 fully saturated rings. The molecule has 1 rings (SSSR count). The van der Waals surface area contributed by atoms with E-state index in [1.807, 2.05) is 58.0 Å². The molecule has 214 valence electrons. The SMILES string of the molecule is CC.CC/C(=C\C(=C/CC(F)(F)F)C(=O)CC[C@@H](CC)N(CC)Cc1ccccc1)C(F)(F)F.CCC. The Kier molecular flexibility index (Phi) is 20.0. The van der Waals surface area contributed by atoms with Crippen LogP contribution in [0.5, 0.6) is 0 Å². The van der Waals surface area contributed by atoms with Crippen molar-refractivity contribution >= 4 is 5.78 Å². The Labute approximate surface area is 219 Å². The van der Waals surface area contributed by atoms with Gasteiger partial charge in [-0.25, -0.2) is 0 Å². The zero-order valence-electron chi connectivity index (χ0n) is 23.4. The lowest BCUT2D eigenvalue weighted by molar-refractivity contribution is -0.125. The van der Waals surface area contributed by atoms with E-state index in [-0.39, 0.29) is 12.5 Å². The molecular weight excluding hydrogens is 492 g/mol. The van der Waals surface area contributed by atoms with Crippen molar-refractivity contribution in [3.8, 4) is 0 Å². The molecule has 0 amide bonds. The van der Waals surface area contributed by atoms with E-state index >= 15 is 0 Å². The van der Waals surface area contributed by atoms with Crippen molar-refractivity contribution < 1.29 is 31.1 Å². The Hall–Kier alpha value is -2.09. The third-order valence-electron chi connectivity index (χ3n) is 5.28. The first kappa shape index (κ1) is 37.1. The topological polar surface area (TPSA) is 20.3 Å². The van der Waals surface area contributed by atoms with Crippen LogP contribution in [0.2, 0.25) is 0 Å². The highest BCUT2D eigenvalue weighted by atomic mass is 19.4. The smallest absolute Gasteiger partial charge is 0.296 e. The number of hydrogen-bond donors (Lipinski definition) is 0. The third kappa shape index (κ3) is 17.1. The summed E-state index contributed by atoms with van der Waals surface area (Å²) >= 11 is 0. The molecule has 0 aliphatic carbocycles. The number of carbonyl (C=O) groups is 1. The summed E-state index contributed by atoms with van der Waals surface area (Å²) in [6.45, 7) is 14.8. The van der Waals surface area contributed by atoms with E-state index in [0.29, 0.717) is 38.1 Å². The van der Waals surface area contributed by atoms with Crippen molar-refractivity contribution in [3.63, 3.8) is 0 Å². The molecular formula is C29H45F6NO. The minimum atomic E-state index is -4.70. The monoisotopic (exact) mass is 537 g/mol. The average Bonchev–Trinajstić information content (AvgIpc) is 2.84. The Balaban J connectivity index is 0. The van der Waals surface area contributed by atoms with Gasteiger partial charge in [-0.2, -0.15) is 26.3 Å². The van der Waals surface area contributed by atoms with Gasteiger partial charge in [0.2, 0.25) is 0 Å². The van der Waals surface area contributed by atoms with Gasteiger partial charge in [-0.05, 0) is 37.4 Å². The van der Waals surface area contributed by atoms with E-state index < -0.39 is 42.1 Å². The number of alkyl halides is 6. The van der Waals surface area contributed by atoms with Crippen LogP contribution < -0.4 is 0 Å². The first-order chi connectivity index (χ1) is 17.3. The number of nitrogens with zero attached hydrogens (tertiary/aromatic N) is 1. The number of benzene rings is 1. The van der Waals surface area contributed by atoms with Crippen molar-refractivity contribution in [2.45, 2.75) is 112 Å². The van der Waals surface area contributed by atoms with Gasteiger partial charge in [0.25, 0.3) is 0 Å². The average molecular weight is 538 g/mol. The molecule has 0 aliphatic rings. The minimum Gasteiger partial charge on any atom is -0.296 e. The summed E-state index contributed by atoms with van der Waals surface area (Å²) in [5.41, 5.74) is -0.464. The number of Topliss-reactive ketones (excluding diaryl/α,β-unsaturated/α-hetero) is 1. The Morgan fingerprint density at radius 1 is 0.946 bits per heavy atom. The summed E-state index contributed by atoms with van der Waals surface area (Å²) < 4.78 is 77.3. The van der Waals surface area contributed by atoms with E-state index in [2.05, 4.69) is 18.7 Å². The van der Waals surface area contributed by atoms with Gasteiger partial charge in [-0.1, -0.05) is 91.3 Å². The molecule has 0 radical (unpaired) electrons. The zero-order valence-corrected chi connectivity index (χ0v) is 23.4. The minimum absolute atomic E-state index is 0.0229. The predicted molar refractivity (Wildman–Crippen MR) is 141 cm³/mol. The molecule has 0 N–H and O–H groups in total. The number of allylic oxidation sites excluding steroid dienone is 4. The Morgan fingerprint density at radius 2 is 1.49 bits per heavy atom. The first-order valence-electron chi connectivity index (χ1n) is 13.2. The maximum Gasteiger partial charge on any atom is 0.412 e. The molecule has 0 spiro atoms. The number of carbonyl (C=O) groups excluding carboxylic acids is 1. The molecule has 0 bridgehead atoms. The molecule has 0 saturated heterocycles. The van der Waals surface area contributed by atoms with Gasteiger partial charge < -0.3 is 0 Å². The lowest BCUT2D eigenvalue weighted by Crippen LogP contribution is -2.34. The van der Waals surface area contributed by atoms with Gasteiger partial charge in [-0.15, -0.1) is 0 Å². The zero-order chi connectivity index (χ0) is 29.1. The van der Waals surface area contributed by atoms with Gasteiger partial charge >= 0.3 is 12.4 Å². The fourth-order valence-electron chi connectivity index (χ4n) is 3.45. The van der Waals surface area contributed by atoms with E-state index in [4.69, 9.17) is 0 Å². The number of halogens is 6. The molecule has 37 heavy (non-hydrogen) atoms. The molecule has 2 nitrogen and oxygen atoms in total. The van der Waals surface area contributed by atoms with Crippen LogP contribution >= 0.6 is 0 Å². The second-order valence-electron chi connectivity index (χ2n) is 8.28. The van der Waals surface area contributed by atoms with Crippen molar-refractivity contribution in [2.24, 2.45) is 0 Å². The molecule has 8 heteroatoms. The second-order valence-corrected chi connectivity index (χ2v) is 8.28. The van der Waals surface area contributed by atoms with Gasteiger partial charge in [0.05, 0.1) is 6.42 Å². The predicted octanol–water partition coefficient (Wildman–Crippen LogP) is 9.86. The molecule has 1 aromatic rings. The Bertz CT molecular complexity index is 782. The lowest BCUT2D eigenvalue weighted by Gasteiger charge is -2.30. The van der Waals surface area contributed by atoms with Gasteiger partial charge in [0.15, 0.2) is 5.78 Å². The van der Waals surface area contributed by atoms with Crippen LogP contribution in [-0.4, -0.2) is 35.6 Å². The van der Waals surface area contributed by atoms with Crippen molar-refractivity contribution in [1.29, 1.82) is 0 Å². The fourth-order valence-corrected chi connectivity index (χ4v) is 3.45. The number of hydrogen-bond acceptors (Lipinski definition) is 2. The molecule has 0 saturated carbocycles. The molecule has 0 aliphatic heterocycles.